The molecular weight excluding hydrogens is 288 g/mol. The van der Waals surface area contributed by atoms with Crippen LogP contribution in [-0.2, 0) is 19.4 Å². The summed E-state index contributed by atoms with van der Waals surface area (Å²) in [5.74, 6) is 0.767. The molecule has 16 heavy (non-hydrogen) atoms. The second-order valence-electron chi connectivity index (χ2n) is 3.69. The molecule has 3 nitrogen and oxygen atoms in total. The van der Waals surface area contributed by atoms with Crippen LogP contribution in [0, 0.1) is 0 Å². The predicted octanol–water partition coefficient (Wildman–Crippen LogP) is 2.49. The summed E-state index contributed by atoms with van der Waals surface area (Å²) in [5, 5.41) is 14.4. The van der Waals surface area contributed by atoms with Crippen LogP contribution in [0.4, 0.5) is 0 Å². The van der Waals surface area contributed by atoms with E-state index in [9.17, 15) is 5.11 Å². The SMILES string of the molecule is CCc1nn(CC)c(CC(O)CSC)c1Br. The number of aliphatic hydroxyl groups excluding tert-OH is 1. The molecule has 1 aromatic rings. The zero-order valence-electron chi connectivity index (χ0n) is 10.0. The van der Waals surface area contributed by atoms with E-state index in [0.29, 0.717) is 6.42 Å². The number of rotatable bonds is 6. The molecule has 0 aliphatic carbocycles. The van der Waals surface area contributed by atoms with Gasteiger partial charge in [-0.15, -0.1) is 0 Å². The second kappa shape index (κ2) is 6.67. The molecule has 5 heteroatoms. The van der Waals surface area contributed by atoms with Gasteiger partial charge in [0.25, 0.3) is 0 Å². The van der Waals surface area contributed by atoms with Crippen molar-refractivity contribution < 1.29 is 5.11 Å². The third-order valence-corrected chi connectivity index (χ3v) is 4.12. The van der Waals surface area contributed by atoms with Crippen LogP contribution in [-0.4, -0.2) is 33.0 Å². The molecule has 0 aromatic carbocycles. The van der Waals surface area contributed by atoms with Gasteiger partial charge < -0.3 is 5.11 Å². The monoisotopic (exact) mass is 306 g/mol. The molecule has 92 valence electrons. The molecule has 0 fully saturated rings. The third-order valence-electron chi connectivity index (χ3n) is 2.48. The van der Waals surface area contributed by atoms with E-state index in [1.165, 1.54) is 0 Å². The first-order valence-corrected chi connectivity index (χ1v) is 7.73. The third kappa shape index (κ3) is 3.25. The van der Waals surface area contributed by atoms with Gasteiger partial charge >= 0.3 is 0 Å². The minimum Gasteiger partial charge on any atom is -0.392 e. The topological polar surface area (TPSA) is 38.0 Å². The van der Waals surface area contributed by atoms with E-state index in [4.69, 9.17) is 0 Å². The molecule has 0 radical (unpaired) electrons. The predicted molar refractivity (Wildman–Crippen MR) is 73.1 cm³/mol. The Hall–Kier alpha value is -0.000000000000000111. The molecule has 0 bridgehead atoms. The standard InChI is InChI=1S/C11H19BrN2OS/c1-4-9-11(12)10(14(5-2)13-9)6-8(15)7-16-3/h8,15H,4-7H2,1-3H3. The molecule has 1 heterocycles. The fourth-order valence-electron chi connectivity index (χ4n) is 1.69. The Morgan fingerprint density at radius 1 is 1.50 bits per heavy atom. The molecule has 0 spiro atoms. The van der Waals surface area contributed by atoms with Gasteiger partial charge in [-0.1, -0.05) is 6.92 Å². The van der Waals surface area contributed by atoms with Crippen molar-refractivity contribution in [3.05, 3.63) is 15.9 Å². The van der Waals surface area contributed by atoms with E-state index in [1.54, 1.807) is 11.8 Å². The van der Waals surface area contributed by atoms with E-state index in [-0.39, 0.29) is 6.10 Å². The lowest BCUT2D eigenvalue weighted by Gasteiger charge is -2.10. The summed E-state index contributed by atoms with van der Waals surface area (Å²) >= 11 is 5.25. The summed E-state index contributed by atoms with van der Waals surface area (Å²) in [5.41, 5.74) is 2.19. The van der Waals surface area contributed by atoms with Crippen LogP contribution in [0.2, 0.25) is 0 Å². The average Bonchev–Trinajstić information content (AvgIpc) is 2.56. The highest BCUT2D eigenvalue weighted by Gasteiger charge is 2.16. The van der Waals surface area contributed by atoms with Crippen molar-refractivity contribution in [2.45, 2.75) is 39.3 Å². The lowest BCUT2D eigenvalue weighted by molar-refractivity contribution is 0.197. The van der Waals surface area contributed by atoms with E-state index in [0.717, 1.165) is 34.6 Å². The normalized spacial score (nSPS) is 13.1. The van der Waals surface area contributed by atoms with Crippen LogP contribution in [0.15, 0.2) is 4.47 Å². The molecule has 0 saturated carbocycles. The molecular formula is C11H19BrN2OS. The number of hydrogen-bond donors (Lipinski definition) is 1. The van der Waals surface area contributed by atoms with Crippen molar-refractivity contribution in [2.24, 2.45) is 0 Å². The largest absolute Gasteiger partial charge is 0.392 e. The van der Waals surface area contributed by atoms with Crippen molar-refractivity contribution in [3.8, 4) is 0 Å². The van der Waals surface area contributed by atoms with Gasteiger partial charge in [0.15, 0.2) is 0 Å². The van der Waals surface area contributed by atoms with E-state index in [2.05, 4.69) is 34.9 Å². The molecule has 1 rings (SSSR count). The van der Waals surface area contributed by atoms with Gasteiger partial charge in [0.2, 0.25) is 0 Å². The van der Waals surface area contributed by atoms with Crippen LogP contribution in [0.25, 0.3) is 0 Å². The van der Waals surface area contributed by atoms with E-state index < -0.39 is 0 Å². The van der Waals surface area contributed by atoms with E-state index >= 15 is 0 Å². The first kappa shape index (κ1) is 14.1. The summed E-state index contributed by atoms with van der Waals surface area (Å²) in [6, 6.07) is 0. The molecule has 1 aromatic heterocycles. The summed E-state index contributed by atoms with van der Waals surface area (Å²) in [7, 11) is 0. The highest BCUT2D eigenvalue weighted by atomic mass is 79.9. The fraction of sp³-hybridized carbons (Fsp3) is 0.727. The first-order chi connectivity index (χ1) is 7.63. The van der Waals surface area contributed by atoms with E-state index in [1.807, 2.05) is 10.9 Å². The molecule has 0 aliphatic rings. The van der Waals surface area contributed by atoms with Crippen LogP contribution in [0.3, 0.4) is 0 Å². The Kier molecular flexibility index (Phi) is 5.86. The average molecular weight is 307 g/mol. The van der Waals surface area contributed by atoms with Crippen LogP contribution >= 0.6 is 27.7 Å². The highest BCUT2D eigenvalue weighted by molar-refractivity contribution is 9.10. The summed E-state index contributed by atoms with van der Waals surface area (Å²) in [6.07, 6.45) is 3.30. The van der Waals surface area contributed by atoms with Crippen LogP contribution in [0.5, 0.6) is 0 Å². The van der Waals surface area contributed by atoms with Crippen molar-refractivity contribution in [1.82, 2.24) is 9.78 Å². The summed E-state index contributed by atoms with van der Waals surface area (Å²) in [4.78, 5) is 0. The van der Waals surface area contributed by atoms with Gasteiger partial charge in [-0.2, -0.15) is 16.9 Å². The maximum atomic E-state index is 9.85. The molecule has 1 atom stereocenters. The number of nitrogens with zero attached hydrogens (tertiary/aromatic N) is 2. The Morgan fingerprint density at radius 2 is 2.19 bits per heavy atom. The number of aromatic nitrogens is 2. The lowest BCUT2D eigenvalue weighted by atomic mass is 10.2. The second-order valence-corrected chi connectivity index (χ2v) is 5.39. The maximum absolute atomic E-state index is 9.85. The van der Waals surface area contributed by atoms with Gasteiger partial charge in [0.05, 0.1) is 22.0 Å². The fourth-order valence-corrected chi connectivity index (χ4v) is 2.92. The summed E-state index contributed by atoms with van der Waals surface area (Å²) < 4.78 is 3.05. The Bertz CT molecular complexity index is 341. The Morgan fingerprint density at radius 3 is 2.69 bits per heavy atom. The number of halogens is 1. The first-order valence-electron chi connectivity index (χ1n) is 5.55. The van der Waals surface area contributed by atoms with Crippen molar-refractivity contribution >= 4 is 27.7 Å². The number of aliphatic hydroxyl groups is 1. The highest BCUT2D eigenvalue weighted by Crippen LogP contribution is 2.24. The zero-order chi connectivity index (χ0) is 12.1. The van der Waals surface area contributed by atoms with Crippen LogP contribution < -0.4 is 0 Å². The van der Waals surface area contributed by atoms with Crippen molar-refractivity contribution in [3.63, 3.8) is 0 Å². The lowest BCUT2D eigenvalue weighted by Crippen LogP contribution is -2.16. The minimum atomic E-state index is -0.294. The van der Waals surface area contributed by atoms with Gasteiger partial charge in [-0.25, -0.2) is 0 Å². The van der Waals surface area contributed by atoms with Crippen LogP contribution in [0.1, 0.15) is 25.2 Å². The van der Waals surface area contributed by atoms with Gasteiger partial charge in [0.1, 0.15) is 0 Å². The Labute approximate surface area is 110 Å². The quantitative estimate of drug-likeness (QED) is 0.877. The van der Waals surface area contributed by atoms with Crippen molar-refractivity contribution in [1.29, 1.82) is 0 Å². The van der Waals surface area contributed by atoms with Gasteiger partial charge in [-0.05, 0) is 35.5 Å². The Balaban J connectivity index is 2.88. The number of aryl methyl sites for hydroxylation is 2. The number of thioether (sulfide) groups is 1. The minimum absolute atomic E-state index is 0.294. The molecule has 0 amide bonds. The molecule has 0 saturated heterocycles. The maximum Gasteiger partial charge on any atom is 0.0766 e. The smallest absolute Gasteiger partial charge is 0.0766 e. The van der Waals surface area contributed by atoms with Gasteiger partial charge in [-0.3, -0.25) is 4.68 Å². The van der Waals surface area contributed by atoms with Crippen molar-refractivity contribution in [2.75, 3.05) is 12.0 Å². The summed E-state index contributed by atoms with van der Waals surface area (Å²) in [6.45, 7) is 5.01. The van der Waals surface area contributed by atoms with Gasteiger partial charge in [0, 0.05) is 18.7 Å². The molecule has 1 unspecified atom stereocenters. The number of hydrogen-bond acceptors (Lipinski definition) is 3. The molecule has 1 N–H and O–H groups in total. The molecule has 0 aliphatic heterocycles. The zero-order valence-corrected chi connectivity index (χ0v) is 12.4.